The molecule has 0 saturated carbocycles. The monoisotopic (exact) mass is 238 g/mol. The number of carbonyl (C=O) groups excluding carboxylic acids is 1. The lowest BCUT2D eigenvalue weighted by Crippen LogP contribution is -2.14. The summed E-state index contributed by atoms with van der Waals surface area (Å²) in [6, 6.07) is 0. The minimum atomic E-state index is -1.03. The second-order valence-electron chi connectivity index (χ2n) is 1.00. The molecule has 0 aliphatic rings. The predicted octanol–water partition coefficient (Wildman–Crippen LogP) is 2.32. The third kappa shape index (κ3) is 3.13. The van der Waals surface area contributed by atoms with Crippen molar-refractivity contribution in [3.63, 3.8) is 0 Å². The average molecular weight is 240 g/mol. The molecular weight excluding hydrogens is 238 g/mol. The normalized spacial score (nSPS) is 14.1. The van der Waals surface area contributed by atoms with Gasteiger partial charge in [0.2, 0.25) is 0 Å². The molecule has 0 amide bonds. The maximum absolute atomic E-state index is 10.4. The Balaban J connectivity index is 3.65. The van der Waals surface area contributed by atoms with Crippen molar-refractivity contribution < 1.29 is 4.79 Å². The largest absolute Gasteiger partial charge is 0.294 e. The number of carbonyl (C=O) groups is 1. The summed E-state index contributed by atoms with van der Waals surface area (Å²) in [5.41, 5.74) is 0. The van der Waals surface area contributed by atoms with Crippen LogP contribution in [-0.2, 0) is 4.79 Å². The van der Waals surface area contributed by atoms with E-state index in [9.17, 15) is 4.79 Å². The average Bonchev–Trinajstić information content (AvgIpc) is 1.64. The molecule has 0 unspecified atom stereocenters. The zero-order valence-electron chi connectivity index (χ0n) is 3.57. The molecule has 1 atom stereocenters. The van der Waals surface area contributed by atoms with Crippen molar-refractivity contribution in [1.29, 1.82) is 0 Å². The Bertz CT molecular complexity index is 82.5. The quantitative estimate of drug-likeness (QED) is 0.677. The third-order valence-electron chi connectivity index (χ3n) is 0.430. The van der Waals surface area contributed by atoms with Gasteiger partial charge in [-0.3, -0.25) is 4.79 Å². The number of Topliss-reactive ketones (excluding diaryl/α,β-unsaturated/α-hetero) is 1. The molecule has 1 nitrogen and oxygen atoms in total. The summed E-state index contributed by atoms with van der Waals surface area (Å²) in [7, 11) is 0. The van der Waals surface area contributed by atoms with Gasteiger partial charge in [-0.05, 0) is 0 Å². The van der Waals surface area contributed by atoms with Gasteiger partial charge >= 0.3 is 0 Å². The molecule has 0 aliphatic carbocycles. The maximum Gasteiger partial charge on any atom is 0.194 e. The standard InChI is InChI=1S/C3H2BrCl3O/c4-2(5)1(8)3(6)7/h2-3H/t2-/m0/s1. The molecule has 0 saturated heterocycles. The highest BCUT2D eigenvalue weighted by molar-refractivity contribution is 9.10. The van der Waals surface area contributed by atoms with E-state index in [2.05, 4.69) is 15.9 Å². The van der Waals surface area contributed by atoms with Gasteiger partial charge in [0.1, 0.15) is 4.29 Å². The number of ketones is 1. The topological polar surface area (TPSA) is 17.1 Å². The van der Waals surface area contributed by atoms with E-state index in [1.54, 1.807) is 0 Å². The molecule has 0 spiro atoms. The zero-order valence-corrected chi connectivity index (χ0v) is 7.43. The zero-order chi connectivity index (χ0) is 6.73. The fraction of sp³-hybridized carbons (Fsp3) is 0.667. The molecule has 0 radical (unpaired) electrons. The Labute approximate surface area is 70.4 Å². The van der Waals surface area contributed by atoms with Crippen LogP contribution in [0, 0.1) is 0 Å². The molecular formula is C3H2BrCl3O. The molecule has 0 bridgehead atoms. The van der Waals surface area contributed by atoms with Gasteiger partial charge < -0.3 is 0 Å². The molecule has 5 heteroatoms. The lowest BCUT2D eigenvalue weighted by molar-refractivity contribution is -0.115. The Kier molecular flexibility index (Phi) is 4.44. The van der Waals surface area contributed by atoms with Crippen LogP contribution < -0.4 is 0 Å². The molecule has 0 aliphatic heterocycles. The van der Waals surface area contributed by atoms with E-state index in [0.717, 1.165) is 0 Å². The Hall–Kier alpha value is 1.02. The molecule has 0 rings (SSSR count). The van der Waals surface area contributed by atoms with Crippen molar-refractivity contribution in [3.05, 3.63) is 0 Å². The summed E-state index contributed by atoms with van der Waals surface area (Å²) in [5.74, 6) is -0.435. The maximum atomic E-state index is 10.4. The molecule has 0 heterocycles. The first-order chi connectivity index (χ1) is 3.55. The van der Waals surface area contributed by atoms with E-state index in [4.69, 9.17) is 34.8 Å². The van der Waals surface area contributed by atoms with Gasteiger partial charge in [0.15, 0.2) is 10.6 Å². The molecule has 0 aromatic heterocycles. The van der Waals surface area contributed by atoms with Crippen LogP contribution in [0.25, 0.3) is 0 Å². The van der Waals surface area contributed by atoms with E-state index in [0.29, 0.717) is 0 Å². The number of alkyl halides is 4. The first kappa shape index (κ1) is 9.02. The predicted molar refractivity (Wildman–Crippen MR) is 39.1 cm³/mol. The molecule has 0 aromatic carbocycles. The molecule has 8 heavy (non-hydrogen) atoms. The van der Waals surface area contributed by atoms with Crippen LogP contribution in [0.5, 0.6) is 0 Å². The molecule has 48 valence electrons. The minimum absolute atomic E-state index is 0.435. The Morgan fingerprint density at radius 3 is 1.75 bits per heavy atom. The first-order valence-corrected chi connectivity index (χ1v) is 3.88. The number of hydrogen-bond donors (Lipinski definition) is 0. The number of halogens is 4. The van der Waals surface area contributed by atoms with Crippen molar-refractivity contribution in [2.24, 2.45) is 0 Å². The first-order valence-electron chi connectivity index (χ1n) is 1.65. The van der Waals surface area contributed by atoms with Crippen molar-refractivity contribution in [2.45, 2.75) is 9.12 Å². The van der Waals surface area contributed by atoms with Crippen LogP contribution in [0.15, 0.2) is 0 Å². The van der Waals surface area contributed by atoms with Crippen LogP contribution >= 0.6 is 50.7 Å². The van der Waals surface area contributed by atoms with Gasteiger partial charge in [-0.15, -0.1) is 11.6 Å². The highest BCUT2D eigenvalue weighted by Crippen LogP contribution is 2.14. The highest BCUT2D eigenvalue weighted by atomic mass is 79.9. The number of hydrogen-bond acceptors (Lipinski definition) is 1. The third-order valence-corrected chi connectivity index (χ3v) is 1.53. The van der Waals surface area contributed by atoms with Crippen LogP contribution in [0.3, 0.4) is 0 Å². The van der Waals surface area contributed by atoms with E-state index in [1.165, 1.54) is 0 Å². The van der Waals surface area contributed by atoms with Gasteiger partial charge in [-0.2, -0.15) is 0 Å². The van der Waals surface area contributed by atoms with Crippen molar-refractivity contribution in [1.82, 2.24) is 0 Å². The minimum Gasteiger partial charge on any atom is -0.294 e. The second-order valence-corrected chi connectivity index (χ2v) is 3.98. The highest BCUT2D eigenvalue weighted by Gasteiger charge is 2.17. The van der Waals surface area contributed by atoms with E-state index < -0.39 is 14.9 Å². The van der Waals surface area contributed by atoms with Crippen molar-refractivity contribution >= 4 is 56.5 Å². The number of rotatable bonds is 2. The summed E-state index contributed by atoms with van der Waals surface area (Å²) >= 11 is 18.3. The summed E-state index contributed by atoms with van der Waals surface area (Å²) in [6.45, 7) is 0. The second kappa shape index (κ2) is 3.94. The van der Waals surface area contributed by atoms with Crippen LogP contribution in [0.4, 0.5) is 0 Å². The Morgan fingerprint density at radius 2 is 1.75 bits per heavy atom. The fourth-order valence-electron chi connectivity index (χ4n) is 0.0952. The molecule has 0 fully saturated rings. The molecule has 0 aromatic rings. The van der Waals surface area contributed by atoms with E-state index in [1.807, 2.05) is 0 Å². The lowest BCUT2D eigenvalue weighted by atomic mass is 10.5. The van der Waals surface area contributed by atoms with Crippen LogP contribution in [0.2, 0.25) is 0 Å². The van der Waals surface area contributed by atoms with Gasteiger partial charge in [0.25, 0.3) is 0 Å². The Morgan fingerprint density at radius 1 is 1.38 bits per heavy atom. The van der Waals surface area contributed by atoms with E-state index >= 15 is 0 Å². The van der Waals surface area contributed by atoms with Gasteiger partial charge in [0.05, 0.1) is 0 Å². The summed E-state index contributed by atoms with van der Waals surface area (Å²) < 4.78 is -0.775. The summed E-state index contributed by atoms with van der Waals surface area (Å²) in [5, 5.41) is 0. The summed E-state index contributed by atoms with van der Waals surface area (Å²) in [6.07, 6.45) is 0. The van der Waals surface area contributed by atoms with Gasteiger partial charge in [0, 0.05) is 0 Å². The smallest absolute Gasteiger partial charge is 0.194 e. The van der Waals surface area contributed by atoms with Gasteiger partial charge in [-0.1, -0.05) is 39.1 Å². The van der Waals surface area contributed by atoms with Crippen LogP contribution in [-0.4, -0.2) is 14.9 Å². The van der Waals surface area contributed by atoms with E-state index in [-0.39, 0.29) is 0 Å². The SMILES string of the molecule is O=C(C(Cl)Cl)[C@H](Cl)Br. The van der Waals surface area contributed by atoms with Crippen molar-refractivity contribution in [2.75, 3.05) is 0 Å². The van der Waals surface area contributed by atoms with Crippen LogP contribution in [0.1, 0.15) is 0 Å². The lowest BCUT2D eigenvalue weighted by Gasteiger charge is -1.97. The van der Waals surface area contributed by atoms with Gasteiger partial charge in [-0.25, -0.2) is 0 Å². The molecule has 0 N–H and O–H groups in total. The fourth-order valence-corrected chi connectivity index (χ4v) is 1.17. The van der Waals surface area contributed by atoms with Crippen molar-refractivity contribution in [3.8, 4) is 0 Å². The summed E-state index contributed by atoms with van der Waals surface area (Å²) in [4.78, 5) is 9.37.